The number of ether oxygens (including phenoxy) is 1. The van der Waals surface area contributed by atoms with Crippen LogP contribution in [0.5, 0.6) is 5.75 Å². The summed E-state index contributed by atoms with van der Waals surface area (Å²) in [5, 5.41) is 3.31. The van der Waals surface area contributed by atoms with Crippen molar-refractivity contribution in [2.24, 2.45) is 0 Å². The number of hydrogen-bond donors (Lipinski definition) is 1. The van der Waals surface area contributed by atoms with Gasteiger partial charge in [0, 0.05) is 30.3 Å². The molecule has 0 saturated heterocycles. The molecule has 1 N–H and O–H groups in total. The number of nitrogens with one attached hydrogen (secondary N) is 1. The molecule has 0 atom stereocenters. The number of aromatic nitrogens is 2. The largest absolute Gasteiger partial charge is 0.496 e. The van der Waals surface area contributed by atoms with Gasteiger partial charge in [0.05, 0.1) is 7.11 Å². The van der Waals surface area contributed by atoms with E-state index >= 15 is 0 Å². The fraction of sp³-hybridized carbons (Fsp3) is 0.375. The molecular formula is C16H21N3O. The van der Waals surface area contributed by atoms with E-state index in [0.29, 0.717) is 6.42 Å². The van der Waals surface area contributed by atoms with Crippen LogP contribution < -0.4 is 10.1 Å². The molecule has 1 heterocycles. The van der Waals surface area contributed by atoms with Gasteiger partial charge in [-0.05, 0) is 19.4 Å². The lowest BCUT2D eigenvalue weighted by Crippen LogP contribution is -2.07. The summed E-state index contributed by atoms with van der Waals surface area (Å²) >= 11 is 0. The number of rotatable bonds is 6. The van der Waals surface area contributed by atoms with E-state index in [4.69, 9.17) is 4.74 Å². The summed E-state index contributed by atoms with van der Waals surface area (Å²) < 4.78 is 5.37. The van der Waals surface area contributed by atoms with Crippen LogP contribution in [0.3, 0.4) is 0 Å². The van der Waals surface area contributed by atoms with Gasteiger partial charge in [-0.2, -0.15) is 0 Å². The first-order valence-electron chi connectivity index (χ1n) is 6.93. The van der Waals surface area contributed by atoms with Crippen LogP contribution >= 0.6 is 0 Å². The number of benzene rings is 1. The maximum atomic E-state index is 5.37. The standard InChI is InChI=1S/C16H21N3O/c1-4-9-17-15-10-12(2)18-16(19-15)11-13-7-5-6-8-14(13)20-3/h5-8,10H,4,9,11H2,1-3H3,(H,17,18,19). The Bertz CT molecular complexity index is 569. The maximum absolute atomic E-state index is 5.37. The molecule has 0 radical (unpaired) electrons. The van der Waals surface area contributed by atoms with Crippen LogP contribution in [-0.2, 0) is 6.42 Å². The molecular weight excluding hydrogens is 250 g/mol. The van der Waals surface area contributed by atoms with Crippen molar-refractivity contribution in [1.82, 2.24) is 9.97 Å². The molecule has 0 aliphatic carbocycles. The average molecular weight is 271 g/mol. The molecule has 0 spiro atoms. The zero-order chi connectivity index (χ0) is 14.4. The third-order valence-electron chi connectivity index (χ3n) is 3.00. The van der Waals surface area contributed by atoms with Crippen LogP contribution in [0, 0.1) is 6.92 Å². The summed E-state index contributed by atoms with van der Waals surface area (Å²) in [4.78, 5) is 9.07. The van der Waals surface area contributed by atoms with Crippen molar-refractivity contribution >= 4 is 5.82 Å². The molecule has 2 rings (SSSR count). The van der Waals surface area contributed by atoms with Crippen LogP contribution in [0.4, 0.5) is 5.82 Å². The molecule has 1 aromatic carbocycles. The Morgan fingerprint density at radius 2 is 2.00 bits per heavy atom. The van der Waals surface area contributed by atoms with Crippen LogP contribution in [0.25, 0.3) is 0 Å². The second-order valence-electron chi connectivity index (χ2n) is 4.73. The first-order chi connectivity index (χ1) is 9.72. The van der Waals surface area contributed by atoms with E-state index in [9.17, 15) is 0 Å². The van der Waals surface area contributed by atoms with Crippen molar-refractivity contribution < 1.29 is 4.74 Å². The van der Waals surface area contributed by atoms with Crippen molar-refractivity contribution in [2.45, 2.75) is 26.7 Å². The summed E-state index contributed by atoms with van der Waals surface area (Å²) in [6, 6.07) is 9.95. The normalized spacial score (nSPS) is 10.3. The van der Waals surface area contributed by atoms with Gasteiger partial charge in [0.1, 0.15) is 17.4 Å². The van der Waals surface area contributed by atoms with Crippen LogP contribution in [0.2, 0.25) is 0 Å². The second-order valence-corrected chi connectivity index (χ2v) is 4.73. The predicted octanol–water partition coefficient (Wildman–Crippen LogP) is 3.21. The van der Waals surface area contributed by atoms with Gasteiger partial charge < -0.3 is 10.1 Å². The van der Waals surface area contributed by atoms with Crippen LogP contribution in [0.1, 0.15) is 30.4 Å². The lowest BCUT2D eigenvalue weighted by atomic mass is 10.1. The van der Waals surface area contributed by atoms with E-state index in [-0.39, 0.29) is 0 Å². The van der Waals surface area contributed by atoms with Crippen molar-refractivity contribution in [1.29, 1.82) is 0 Å². The van der Waals surface area contributed by atoms with E-state index < -0.39 is 0 Å². The maximum Gasteiger partial charge on any atom is 0.135 e. The van der Waals surface area contributed by atoms with E-state index in [0.717, 1.165) is 41.6 Å². The number of nitrogens with zero attached hydrogens (tertiary/aromatic N) is 2. The minimum atomic E-state index is 0.673. The number of aryl methyl sites for hydroxylation is 1. The minimum absolute atomic E-state index is 0.673. The highest BCUT2D eigenvalue weighted by atomic mass is 16.5. The molecule has 0 aliphatic rings. The number of hydrogen-bond acceptors (Lipinski definition) is 4. The molecule has 4 heteroatoms. The first kappa shape index (κ1) is 14.3. The summed E-state index contributed by atoms with van der Waals surface area (Å²) in [5.74, 6) is 2.58. The number of para-hydroxylation sites is 1. The summed E-state index contributed by atoms with van der Waals surface area (Å²) in [6.07, 6.45) is 1.75. The van der Waals surface area contributed by atoms with Crippen molar-refractivity contribution in [2.75, 3.05) is 19.0 Å². The summed E-state index contributed by atoms with van der Waals surface area (Å²) in [6.45, 7) is 5.05. The van der Waals surface area contributed by atoms with Crippen LogP contribution in [0.15, 0.2) is 30.3 Å². The van der Waals surface area contributed by atoms with Crippen LogP contribution in [-0.4, -0.2) is 23.6 Å². The fourth-order valence-corrected chi connectivity index (χ4v) is 2.07. The molecule has 1 aromatic heterocycles. The Hall–Kier alpha value is -2.10. The van der Waals surface area contributed by atoms with Gasteiger partial charge in [-0.3, -0.25) is 0 Å². The predicted molar refractivity (Wildman–Crippen MR) is 81.3 cm³/mol. The zero-order valence-corrected chi connectivity index (χ0v) is 12.3. The Morgan fingerprint density at radius 3 is 2.75 bits per heavy atom. The smallest absolute Gasteiger partial charge is 0.135 e. The fourth-order valence-electron chi connectivity index (χ4n) is 2.07. The van der Waals surface area contributed by atoms with E-state index in [1.807, 2.05) is 37.3 Å². The Balaban J connectivity index is 2.22. The highest BCUT2D eigenvalue weighted by molar-refractivity contribution is 5.39. The average Bonchev–Trinajstić information content (AvgIpc) is 2.45. The molecule has 106 valence electrons. The third kappa shape index (κ3) is 3.70. The van der Waals surface area contributed by atoms with Gasteiger partial charge >= 0.3 is 0 Å². The van der Waals surface area contributed by atoms with Crippen molar-refractivity contribution in [3.05, 3.63) is 47.4 Å². The lowest BCUT2D eigenvalue weighted by Gasteiger charge is -2.10. The van der Waals surface area contributed by atoms with E-state index in [1.165, 1.54) is 0 Å². The first-order valence-corrected chi connectivity index (χ1v) is 6.93. The van der Waals surface area contributed by atoms with Crippen molar-refractivity contribution in [3.8, 4) is 5.75 Å². The van der Waals surface area contributed by atoms with Gasteiger partial charge in [0.25, 0.3) is 0 Å². The molecule has 0 aliphatic heterocycles. The summed E-state index contributed by atoms with van der Waals surface area (Å²) in [7, 11) is 1.68. The molecule has 0 unspecified atom stereocenters. The molecule has 20 heavy (non-hydrogen) atoms. The Morgan fingerprint density at radius 1 is 1.20 bits per heavy atom. The van der Waals surface area contributed by atoms with Gasteiger partial charge in [-0.1, -0.05) is 25.1 Å². The second kappa shape index (κ2) is 6.89. The monoisotopic (exact) mass is 271 g/mol. The molecule has 0 saturated carbocycles. The lowest BCUT2D eigenvalue weighted by molar-refractivity contribution is 0.410. The molecule has 0 fully saturated rings. The van der Waals surface area contributed by atoms with Gasteiger partial charge in [-0.25, -0.2) is 9.97 Å². The highest BCUT2D eigenvalue weighted by Gasteiger charge is 2.07. The van der Waals surface area contributed by atoms with E-state index in [1.54, 1.807) is 7.11 Å². The van der Waals surface area contributed by atoms with Gasteiger partial charge in [0.2, 0.25) is 0 Å². The Labute approximate surface area is 120 Å². The number of anilines is 1. The topological polar surface area (TPSA) is 47.0 Å². The molecule has 0 bridgehead atoms. The molecule has 4 nitrogen and oxygen atoms in total. The zero-order valence-electron chi connectivity index (χ0n) is 12.3. The minimum Gasteiger partial charge on any atom is -0.496 e. The SMILES string of the molecule is CCCNc1cc(C)nc(Cc2ccccc2OC)n1. The molecule has 2 aromatic rings. The highest BCUT2D eigenvalue weighted by Crippen LogP contribution is 2.20. The van der Waals surface area contributed by atoms with E-state index in [2.05, 4.69) is 22.2 Å². The van der Waals surface area contributed by atoms with Gasteiger partial charge in [-0.15, -0.1) is 0 Å². The Kier molecular flexibility index (Phi) is 4.93. The van der Waals surface area contributed by atoms with Crippen molar-refractivity contribution in [3.63, 3.8) is 0 Å². The molecule has 0 amide bonds. The quantitative estimate of drug-likeness (QED) is 0.876. The number of methoxy groups -OCH3 is 1. The summed E-state index contributed by atoms with van der Waals surface area (Å²) in [5.41, 5.74) is 2.07. The third-order valence-corrected chi connectivity index (χ3v) is 3.00. The van der Waals surface area contributed by atoms with Gasteiger partial charge in [0.15, 0.2) is 0 Å².